The molecule has 1 aromatic heterocycles. The summed E-state index contributed by atoms with van der Waals surface area (Å²) in [7, 11) is 0. The fourth-order valence-corrected chi connectivity index (χ4v) is 3.74. The van der Waals surface area contributed by atoms with Gasteiger partial charge in [0.25, 0.3) is 0 Å². The lowest BCUT2D eigenvalue weighted by molar-refractivity contribution is 0.121. The van der Waals surface area contributed by atoms with E-state index in [2.05, 4.69) is 41.7 Å². The van der Waals surface area contributed by atoms with Gasteiger partial charge in [-0.2, -0.15) is 0 Å². The molecule has 1 aromatic carbocycles. The maximum absolute atomic E-state index is 5.57. The van der Waals surface area contributed by atoms with Crippen LogP contribution in [0.4, 0.5) is 5.69 Å². The molecule has 5 heteroatoms. The van der Waals surface area contributed by atoms with Crippen molar-refractivity contribution in [3.63, 3.8) is 0 Å². The molecule has 1 saturated heterocycles. The van der Waals surface area contributed by atoms with Gasteiger partial charge in [-0.1, -0.05) is 11.8 Å². The summed E-state index contributed by atoms with van der Waals surface area (Å²) < 4.78 is 7.94. The highest BCUT2D eigenvalue weighted by atomic mass is 32.2. The molecular weight excluding hydrogens is 264 g/mol. The van der Waals surface area contributed by atoms with Gasteiger partial charge in [-0.25, -0.2) is 4.98 Å². The van der Waals surface area contributed by atoms with Crippen LogP contribution in [0.1, 0.15) is 13.3 Å². The minimum Gasteiger partial charge on any atom is -0.380 e. The monoisotopic (exact) mass is 280 g/mol. The SMILES string of the molecule is CSc1nc2ccc(NC3CCOC3C)cc2s1. The van der Waals surface area contributed by atoms with Gasteiger partial charge in [0.2, 0.25) is 0 Å². The van der Waals surface area contributed by atoms with Crippen molar-refractivity contribution in [1.82, 2.24) is 4.98 Å². The average Bonchev–Trinajstić information content (AvgIpc) is 2.95. The second-order valence-corrected chi connectivity index (χ2v) is 6.57. The largest absolute Gasteiger partial charge is 0.380 e. The third-order valence-electron chi connectivity index (χ3n) is 3.27. The van der Waals surface area contributed by atoms with Gasteiger partial charge in [0.05, 0.1) is 22.4 Å². The Morgan fingerprint density at radius 2 is 2.39 bits per heavy atom. The first kappa shape index (κ1) is 12.3. The lowest BCUT2D eigenvalue weighted by Crippen LogP contribution is -2.26. The highest BCUT2D eigenvalue weighted by Crippen LogP contribution is 2.30. The number of thioether (sulfide) groups is 1. The first-order valence-corrected chi connectivity index (χ1v) is 8.13. The van der Waals surface area contributed by atoms with Crippen molar-refractivity contribution < 1.29 is 4.74 Å². The Bertz CT molecular complexity index is 555. The fourth-order valence-electron chi connectivity index (χ4n) is 2.22. The number of thiazole rings is 1. The Morgan fingerprint density at radius 1 is 1.50 bits per heavy atom. The molecule has 1 aliphatic heterocycles. The zero-order valence-corrected chi connectivity index (χ0v) is 12.1. The quantitative estimate of drug-likeness (QED) is 0.871. The lowest BCUT2D eigenvalue weighted by atomic mass is 10.1. The van der Waals surface area contributed by atoms with Crippen LogP contribution in [0.3, 0.4) is 0 Å². The van der Waals surface area contributed by atoms with E-state index in [4.69, 9.17) is 4.74 Å². The van der Waals surface area contributed by atoms with Gasteiger partial charge >= 0.3 is 0 Å². The predicted octanol–water partition coefficient (Wildman–Crippen LogP) is 3.61. The van der Waals surface area contributed by atoms with Crippen molar-refractivity contribution in [3.05, 3.63) is 18.2 Å². The van der Waals surface area contributed by atoms with Gasteiger partial charge in [0.1, 0.15) is 0 Å². The van der Waals surface area contributed by atoms with E-state index in [1.165, 1.54) is 10.4 Å². The summed E-state index contributed by atoms with van der Waals surface area (Å²) in [4.78, 5) is 4.55. The normalized spacial score (nSPS) is 23.7. The second-order valence-electron chi connectivity index (χ2n) is 4.48. The van der Waals surface area contributed by atoms with E-state index in [9.17, 15) is 0 Å². The molecule has 0 amide bonds. The van der Waals surface area contributed by atoms with Crippen LogP contribution in [-0.4, -0.2) is 30.0 Å². The topological polar surface area (TPSA) is 34.2 Å². The van der Waals surface area contributed by atoms with E-state index in [1.54, 1.807) is 23.1 Å². The molecule has 0 radical (unpaired) electrons. The predicted molar refractivity (Wildman–Crippen MR) is 78.8 cm³/mol. The zero-order valence-electron chi connectivity index (χ0n) is 10.5. The fraction of sp³-hybridized carbons (Fsp3) is 0.462. The van der Waals surface area contributed by atoms with Gasteiger partial charge in [-0.15, -0.1) is 11.3 Å². The molecule has 3 nitrogen and oxygen atoms in total. The number of nitrogens with zero attached hydrogens (tertiary/aromatic N) is 1. The van der Waals surface area contributed by atoms with Crippen LogP contribution in [0.2, 0.25) is 0 Å². The lowest BCUT2D eigenvalue weighted by Gasteiger charge is -2.17. The number of anilines is 1. The molecule has 3 rings (SSSR count). The average molecular weight is 280 g/mol. The van der Waals surface area contributed by atoms with Crippen molar-refractivity contribution >= 4 is 39.0 Å². The minimum atomic E-state index is 0.295. The molecular formula is C13H16N2OS2. The highest BCUT2D eigenvalue weighted by molar-refractivity contribution is 8.00. The number of ether oxygens (including phenoxy) is 1. The third kappa shape index (κ3) is 2.35. The molecule has 1 aliphatic rings. The van der Waals surface area contributed by atoms with Crippen LogP contribution in [0, 0.1) is 0 Å². The van der Waals surface area contributed by atoms with Crippen LogP contribution in [-0.2, 0) is 4.74 Å². The minimum absolute atomic E-state index is 0.295. The van der Waals surface area contributed by atoms with Crippen molar-refractivity contribution in [2.45, 2.75) is 29.8 Å². The van der Waals surface area contributed by atoms with Gasteiger partial charge in [0, 0.05) is 12.3 Å². The van der Waals surface area contributed by atoms with Crippen LogP contribution in [0.5, 0.6) is 0 Å². The molecule has 96 valence electrons. The van der Waals surface area contributed by atoms with E-state index < -0.39 is 0 Å². The summed E-state index contributed by atoms with van der Waals surface area (Å²) in [5.74, 6) is 0. The number of aromatic nitrogens is 1. The van der Waals surface area contributed by atoms with E-state index >= 15 is 0 Å². The second kappa shape index (κ2) is 5.07. The Hall–Kier alpha value is -0.780. The number of rotatable bonds is 3. The van der Waals surface area contributed by atoms with E-state index in [0.717, 1.165) is 22.9 Å². The van der Waals surface area contributed by atoms with Gasteiger partial charge in [-0.3, -0.25) is 0 Å². The molecule has 0 spiro atoms. The molecule has 2 unspecified atom stereocenters. The highest BCUT2D eigenvalue weighted by Gasteiger charge is 2.23. The first-order valence-electron chi connectivity index (χ1n) is 6.09. The van der Waals surface area contributed by atoms with E-state index in [1.807, 2.05) is 0 Å². The summed E-state index contributed by atoms with van der Waals surface area (Å²) >= 11 is 3.45. The van der Waals surface area contributed by atoms with Gasteiger partial charge in [0.15, 0.2) is 4.34 Å². The Labute approximate surface area is 115 Å². The summed E-state index contributed by atoms with van der Waals surface area (Å²) in [6, 6.07) is 6.82. The molecule has 0 saturated carbocycles. The molecule has 1 fully saturated rings. The summed E-state index contributed by atoms with van der Waals surface area (Å²) in [6.07, 6.45) is 3.44. The summed E-state index contributed by atoms with van der Waals surface area (Å²) in [5, 5.41) is 3.56. The van der Waals surface area contributed by atoms with Crippen LogP contribution >= 0.6 is 23.1 Å². The molecule has 2 aromatic rings. The number of benzene rings is 1. The molecule has 1 N–H and O–H groups in total. The summed E-state index contributed by atoms with van der Waals surface area (Å²) in [6.45, 7) is 2.99. The number of hydrogen-bond donors (Lipinski definition) is 1. The number of hydrogen-bond acceptors (Lipinski definition) is 5. The molecule has 18 heavy (non-hydrogen) atoms. The molecule has 0 aliphatic carbocycles. The van der Waals surface area contributed by atoms with Crippen LogP contribution in [0.15, 0.2) is 22.5 Å². The van der Waals surface area contributed by atoms with Gasteiger partial charge < -0.3 is 10.1 Å². The maximum atomic E-state index is 5.57. The number of fused-ring (bicyclic) bond motifs is 1. The Kier molecular flexibility index (Phi) is 3.46. The smallest absolute Gasteiger partial charge is 0.150 e. The standard InChI is InChI=1S/C13H16N2OS2/c1-8-10(5-6-16-8)14-9-3-4-11-12(7-9)18-13(15-11)17-2/h3-4,7-8,10,14H,5-6H2,1-2H3. The number of nitrogens with one attached hydrogen (secondary N) is 1. The van der Waals surface area contributed by atoms with Crippen LogP contribution < -0.4 is 5.32 Å². The molecule has 2 heterocycles. The summed E-state index contributed by atoms with van der Waals surface area (Å²) in [5.41, 5.74) is 2.26. The van der Waals surface area contributed by atoms with E-state index in [0.29, 0.717) is 12.1 Å². The van der Waals surface area contributed by atoms with Crippen molar-refractivity contribution in [3.8, 4) is 0 Å². The van der Waals surface area contributed by atoms with Crippen LogP contribution in [0.25, 0.3) is 10.2 Å². The molecule has 2 atom stereocenters. The van der Waals surface area contributed by atoms with Crippen molar-refractivity contribution in [2.24, 2.45) is 0 Å². The molecule has 0 bridgehead atoms. The third-order valence-corrected chi connectivity index (χ3v) is 5.28. The van der Waals surface area contributed by atoms with E-state index in [-0.39, 0.29) is 0 Å². The first-order chi connectivity index (χ1) is 8.76. The van der Waals surface area contributed by atoms with Crippen molar-refractivity contribution in [1.29, 1.82) is 0 Å². The maximum Gasteiger partial charge on any atom is 0.150 e. The van der Waals surface area contributed by atoms with Gasteiger partial charge in [-0.05, 0) is 37.8 Å². The Morgan fingerprint density at radius 3 is 3.11 bits per heavy atom. The Balaban J connectivity index is 1.84. The zero-order chi connectivity index (χ0) is 12.5. The van der Waals surface area contributed by atoms with Crippen molar-refractivity contribution in [2.75, 3.05) is 18.2 Å².